The molecule has 200 valence electrons. The Hall–Kier alpha value is -2.16. The molecule has 2 aliphatic rings. The number of nitrogens with zero attached hydrogens (tertiary/aromatic N) is 4. The average molecular weight is 574 g/mol. The van der Waals surface area contributed by atoms with Crippen LogP contribution in [0.2, 0.25) is 5.28 Å². The molecular formula is C21H25ClN5O8PS. The van der Waals surface area contributed by atoms with Crippen LogP contribution in [0, 0.1) is 0 Å². The smallest absolute Gasteiger partial charge is 0.343 e. The maximum absolute atomic E-state index is 12.5. The van der Waals surface area contributed by atoms with Crippen molar-refractivity contribution in [2.45, 2.75) is 55.3 Å². The Kier molecular flexibility index (Phi) is 6.82. The van der Waals surface area contributed by atoms with Gasteiger partial charge in [0, 0.05) is 0 Å². The number of hydrogen-bond donors (Lipinski definition) is 5. The topological polar surface area (TPSA) is 197 Å². The van der Waals surface area contributed by atoms with Crippen LogP contribution < -0.4 is 5.32 Å². The number of halogens is 1. The fraction of sp³-hybridized carbons (Fsp3) is 0.476. The second kappa shape index (κ2) is 9.54. The molecule has 16 heteroatoms. The summed E-state index contributed by atoms with van der Waals surface area (Å²) >= 11 is 6.19. The Balaban J connectivity index is 1.42. The van der Waals surface area contributed by atoms with Gasteiger partial charge in [0.05, 0.1) is 23.4 Å². The van der Waals surface area contributed by atoms with E-state index in [4.69, 9.17) is 16.3 Å². The lowest BCUT2D eigenvalue weighted by Gasteiger charge is -2.19. The third-order valence-electron chi connectivity index (χ3n) is 6.84. The summed E-state index contributed by atoms with van der Waals surface area (Å²) < 4.78 is 43.3. The highest BCUT2D eigenvalue weighted by atomic mass is 35.5. The molecule has 5 rings (SSSR count). The molecule has 3 heterocycles. The monoisotopic (exact) mass is 573 g/mol. The molecule has 13 nitrogen and oxygen atoms in total. The molecule has 2 unspecified atom stereocenters. The average Bonchev–Trinajstić information content (AvgIpc) is 3.50. The molecule has 6 atom stereocenters. The van der Waals surface area contributed by atoms with Crippen molar-refractivity contribution in [2.24, 2.45) is 0 Å². The Morgan fingerprint density at radius 1 is 1.24 bits per heavy atom. The maximum atomic E-state index is 12.5. The Morgan fingerprint density at radius 2 is 1.97 bits per heavy atom. The largest absolute Gasteiger partial charge is 0.387 e. The Morgan fingerprint density at radius 3 is 2.70 bits per heavy atom. The molecule has 1 aliphatic heterocycles. The van der Waals surface area contributed by atoms with E-state index in [2.05, 4.69) is 26.4 Å². The van der Waals surface area contributed by atoms with Gasteiger partial charge in [-0.1, -0.05) is 24.3 Å². The summed E-state index contributed by atoms with van der Waals surface area (Å²) in [7, 11) is -9.34. The van der Waals surface area contributed by atoms with Crippen molar-refractivity contribution in [3.05, 3.63) is 46.9 Å². The van der Waals surface area contributed by atoms with E-state index < -0.39 is 52.7 Å². The molecule has 1 aliphatic carbocycles. The number of anilines is 1. The SMILES string of the molecule is CC(P(=O)(O)O)S(=O)(=O)C[C@H]1O[C@@H](n2ncc3c(NC4CCc5ccccc54)nc(Cl)nc32)[C@H](O)[C@@H]1O. The van der Waals surface area contributed by atoms with Crippen LogP contribution in [0.15, 0.2) is 30.5 Å². The third kappa shape index (κ3) is 4.88. The fourth-order valence-electron chi connectivity index (χ4n) is 4.71. The van der Waals surface area contributed by atoms with Gasteiger partial charge in [-0.05, 0) is 42.5 Å². The van der Waals surface area contributed by atoms with Crippen molar-refractivity contribution in [1.29, 1.82) is 0 Å². The molecule has 3 aromatic rings. The molecule has 1 aromatic carbocycles. The zero-order chi connectivity index (χ0) is 26.7. The summed E-state index contributed by atoms with van der Waals surface area (Å²) in [5, 5.41) is 29.1. The summed E-state index contributed by atoms with van der Waals surface area (Å²) in [6.07, 6.45) is -2.91. The van der Waals surface area contributed by atoms with Crippen molar-refractivity contribution in [1.82, 2.24) is 19.7 Å². The fourth-order valence-corrected chi connectivity index (χ4v) is 7.82. The van der Waals surface area contributed by atoms with Crippen LogP contribution in [0.25, 0.3) is 11.0 Å². The van der Waals surface area contributed by atoms with E-state index in [-0.39, 0.29) is 17.0 Å². The zero-order valence-electron chi connectivity index (χ0n) is 19.4. The number of aliphatic hydroxyl groups excluding tert-OH is 2. The first-order valence-electron chi connectivity index (χ1n) is 11.4. The number of nitrogens with one attached hydrogen (secondary N) is 1. The lowest BCUT2D eigenvalue weighted by molar-refractivity contribution is -0.0364. The van der Waals surface area contributed by atoms with Crippen molar-refractivity contribution in [3.8, 4) is 0 Å². The molecule has 1 fully saturated rings. The summed E-state index contributed by atoms with van der Waals surface area (Å²) in [5.74, 6) is -0.512. The Labute approximate surface area is 216 Å². The minimum absolute atomic E-state index is 0.0190. The number of sulfone groups is 1. The normalized spacial score (nSPS) is 26.9. The van der Waals surface area contributed by atoms with E-state index in [1.54, 1.807) is 0 Å². The number of aryl methyl sites for hydroxylation is 1. The van der Waals surface area contributed by atoms with Gasteiger partial charge in [-0.25, -0.2) is 13.1 Å². The maximum Gasteiger partial charge on any atom is 0.343 e. The van der Waals surface area contributed by atoms with Crippen molar-refractivity contribution < 1.29 is 37.7 Å². The predicted molar refractivity (Wildman–Crippen MR) is 133 cm³/mol. The van der Waals surface area contributed by atoms with Gasteiger partial charge in [0.1, 0.15) is 24.1 Å². The summed E-state index contributed by atoms with van der Waals surface area (Å²) in [6.45, 7) is 0.878. The number of hydrogen-bond acceptors (Lipinski definition) is 10. The van der Waals surface area contributed by atoms with E-state index in [0.29, 0.717) is 11.2 Å². The Bertz CT molecular complexity index is 1500. The number of fused-ring (bicyclic) bond motifs is 2. The van der Waals surface area contributed by atoms with Crippen molar-refractivity contribution in [2.75, 3.05) is 11.1 Å². The number of rotatable bonds is 7. The molecule has 37 heavy (non-hydrogen) atoms. The highest BCUT2D eigenvalue weighted by Gasteiger charge is 2.48. The van der Waals surface area contributed by atoms with Crippen LogP contribution in [0.1, 0.15) is 36.7 Å². The molecule has 0 radical (unpaired) electrons. The van der Waals surface area contributed by atoms with Crippen LogP contribution in [0.5, 0.6) is 0 Å². The van der Waals surface area contributed by atoms with Gasteiger partial charge in [0.2, 0.25) is 5.28 Å². The van der Waals surface area contributed by atoms with E-state index in [1.165, 1.54) is 16.4 Å². The molecule has 0 saturated carbocycles. The zero-order valence-corrected chi connectivity index (χ0v) is 21.9. The highest BCUT2D eigenvalue weighted by Crippen LogP contribution is 2.45. The minimum Gasteiger partial charge on any atom is -0.387 e. The summed E-state index contributed by atoms with van der Waals surface area (Å²) in [4.78, 5) is 25.0. The van der Waals surface area contributed by atoms with Gasteiger partial charge in [-0.2, -0.15) is 15.1 Å². The van der Waals surface area contributed by atoms with Crippen LogP contribution in [-0.4, -0.2) is 77.2 Å². The molecule has 1 saturated heterocycles. The predicted octanol–water partition coefficient (Wildman–Crippen LogP) is 1.14. The second-order valence-electron chi connectivity index (χ2n) is 9.17. The van der Waals surface area contributed by atoms with Crippen LogP contribution in [0.4, 0.5) is 5.82 Å². The minimum atomic E-state index is -4.95. The van der Waals surface area contributed by atoms with Gasteiger partial charge in [-0.15, -0.1) is 0 Å². The van der Waals surface area contributed by atoms with Gasteiger partial charge in [-0.3, -0.25) is 4.57 Å². The first-order chi connectivity index (χ1) is 17.4. The summed E-state index contributed by atoms with van der Waals surface area (Å²) in [5.41, 5.74) is 2.55. The molecular weight excluding hydrogens is 549 g/mol. The molecule has 0 amide bonds. The number of benzene rings is 1. The van der Waals surface area contributed by atoms with E-state index in [0.717, 1.165) is 25.3 Å². The van der Waals surface area contributed by atoms with Crippen LogP contribution in [-0.2, 0) is 25.6 Å². The first kappa shape index (κ1) is 26.4. The lowest BCUT2D eigenvalue weighted by Crippen LogP contribution is -2.37. The quantitative estimate of drug-likeness (QED) is 0.200. The van der Waals surface area contributed by atoms with Gasteiger partial charge in [0.25, 0.3) is 0 Å². The third-order valence-corrected chi connectivity index (χ3v) is 11.6. The number of aliphatic hydroxyl groups is 2. The summed E-state index contributed by atoms with van der Waals surface area (Å²) in [6, 6.07) is 8.03. The molecule has 5 N–H and O–H groups in total. The van der Waals surface area contributed by atoms with Crippen LogP contribution in [0.3, 0.4) is 0 Å². The van der Waals surface area contributed by atoms with E-state index in [1.807, 2.05) is 18.2 Å². The molecule has 2 aromatic heterocycles. The van der Waals surface area contributed by atoms with Crippen molar-refractivity contribution >= 4 is 45.9 Å². The lowest BCUT2D eigenvalue weighted by atomic mass is 10.1. The number of ether oxygens (including phenoxy) is 1. The highest BCUT2D eigenvalue weighted by molar-refractivity contribution is 7.98. The standard InChI is InChI=1S/C21H25ClN5O8PS/c1-10(36(30,31)32)37(33,34)9-15-16(28)17(29)20(35-15)27-19-13(8-23-27)18(25-21(22)26-19)24-14-7-6-11-4-2-3-5-12(11)14/h2-5,8,10,14-17,20,28-29H,6-7,9H2,1H3,(H,24,25,26)(H2,30,31,32)/t10?,14?,15-,16-,17-,20-/m1/s1. The molecule has 0 bridgehead atoms. The first-order valence-corrected chi connectivity index (χ1v) is 15.2. The number of aromatic nitrogens is 4. The second-order valence-corrected chi connectivity index (χ2v) is 14.2. The molecule has 0 spiro atoms. The van der Waals surface area contributed by atoms with Gasteiger partial charge in [0.15, 0.2) is 26.7 Å². The van der Waals surface area contributed by atoms with Gasteiger partial charge < -0.3 is 30.1 Å². The van der Waals surface area contributed by atoms with E-state index >= 15 is 0 Å². The van der Waals surface area contributed by atoms with Crippen LogP contribution >= 0.6 is 19.2 Å². The van der Waals surface area contributed by atoms with Gasteiger partial charge >= 0.3 is 7.60 Å². The van der Waals surface area contributed by atoms with E-state index in [9.17, 15) is 33.0 Å². The van der Waals surface area contributed by atoms with Crippen molar-refractivity contribution in [3.63, 3.8) is 0 Å².